The molecule has 0 amide bonds. The summed E-state index contributed by atoms with van der Waals surface area (Å²) in [6.45, 7) is 0. The topological polar surface area (TPSA) is 65.5 Å². The second-order valence-corrected chi connectivity index (χ2v) is 5.86. The number of esters is 1. The van der Waals surface area contributed by atoms with Gasteiger partial charge in [0.15, 0.2) is 10.8 Å². The molecule has 106 valence electrons. The Morgan fingerprint density at radius 1 is 1.30 bits per heavy atom. The number of hydrogen-bond donors (Lipinski definition) is 0. The maximum Gasteiger partial charge on any atom is 0.305 e. The molecule has 0 spiro atoms. The number of carbonyl (C=O) groups excluding carboxylic acids is 2. The number of nitrogens with zero attached hydrogens (tertiary/aromatic N) is 1. The van der Waals surface area contributed by atoms with Crippen molar-refractivity contribution in [2.24, 2.45) is 0 Å². The van der Waals surface area contributed by atoms with Crippen molar-refractivity contribution < 1.29 is 19.1 Å². The zero-order chi connectivity index (χ0) is 14.7. The van der Waals surface area contributed by atoms with E-state index in [4.69, 9.17) is 4.74 Å². The number of methoxy groups -OCH3 is 2. The van der Waals surface area contributed by atoms with Gasteiger partial charge in [-0.2, -0.15) is 0 Å². The molecule has 0 bridgehead atoms. The summed E-state index contributed by atoms with van der Waals surface area (Å²) >= 11 is 4.67. The second-order valence-electron chi connectivity index (χ2n) is 3.97. The van der Waals surface area contributed by atoms with E-state index in [2.05, 4.69) is 25.7 Å². The lowest BCUT2D eigenvalue weighted by atomic mass is 10.2. The summed E-state index contributed by atoms with van der Waals surface area (Å²) in [6, 6.07) is 3.63. The van der Waals surface area contributed by atoms with Crippen molar-refractivity contribution in [3.63, 3.8) is 0 Å². The Hall–Kier alpha value is -1.47. The largest absolute Gasteiger partial charge is 0.496 e. The van der Waals surface area contributed by atoms with E-state index in [-0.39, 0.29) is 18.6 Å². The van der Waals surface area contributed by atoms with Gasteiger partial charge in [-0.3, -0.25) is 9.59 Å². The van der Waals surface area contributed by atoms with Gasteiger partial charge in [0.1, 0.15) is 5.75 Å². The van der Waals surface area contributed by atoms with E-state index in [0.717, 1.165) is 14.7 Å². The summed E-state index contributed by atoms with van der Waals surface area (Å²) in [6.07, 6.45) is 0.170. The normalized spacial score (nSPS) is 10.6. The molecule has 20 heavy (non-hydrogen) atoms. The molecule has 0 radical (unpaired) electrons. The molecule has 0 unspecified atom stereocenters. The van der Waals surface area contributed by atoms with Crippen molar-refractivity contribution in [3.05, 3.63) is 21.6 Å². The Morgan fingerprint density at radius 3 is 2.70 bits per heavy atom. The number of hydrogen-bond acceptors (Lipinski definition) is 6. The van der Waals surface area contributed by atoms with Crippen molar-refractivity contribution in [1.29, 1.82) is 0 Å². The van der Waals surface area contributed by atoms with E-state index in [1.165, 1.54) is 18.4 Å². The van der Waals surface area contributed by atoms with Crippen molar-refractivity contribution in [3.8, 4) is 5.75 Å². The number of thiazole rings is 1. The molecule has 0 aliphatic heterocycles. The Balaban J connectivity index is 2.23. The van der Waals surface area contributed by atoms with Gasteiger partial charge in [-0.25, -0.2) is 4.98 Å². The van der Waals surface area contributed by atoms with Crippen LogP contribution in [0.1, 0.15) is 22.6 Å². The molecule has 2 rings (SSSR count). The molecule has 2 aromatic rings. The van der Waals surface area contributed by atoms with Gasteiger partial charge < -0.3 is 9.47 Å². The minimum Gasteiger partial charge on any atom is -0.496 e. The number of fused-ring (bicyclic) bond motifs is 1. The number of carbonyl (C=O) groups is 2. The molecule has 1 aromatic heterocycles. The van der Waals surface area contributed by atoms with Gasteiger partial charge in [0, 0.05) is 12.5 Å². The highest BCUT2D eigenvalue weighted by atomic mass is 79.9. The van der Waals surface area contributed by atoms with Gasteiger partial charge in [0.05, 0.1) is 35.3 Å². The predicted octanol–water partition coefficient (Wildman–Crippen LogP) is 3.20. The maximum atomic E-state index is 12.0. The van der Waals surface area contributed by atoms with E-state index < -0.39 is 5.97 Å². The summed E-state index contributed by atoms with van der Waals surface area (Å²) in [7, 11) is 2.88. The zero-order valence-electron chi connectivity index (χ0n) is 10.9. The molecule has 0 N–H and O–H groups in total. The van der Waals surface area contributed by atoms with E-state index in [1.54, 1.807) is 7.11 Å². The molecular formula is C13H12BrNO4S. The average Bonchev–Trinajstić information content (AvgIpc) is 2.85. The van der Waals surface area contributed by atoms with Crippen LogP contribution in [-0.2, 0) is 9.53 Å². The summed E-state index contributed by atoms with van der Waals surface area (Å²) in [5.74, 6) is 0.130. The molecule has 0 saturated heterocycles. The molecule has 0 saturated carbocycles. The quantitative estimate of drug-likeness (QED) is 0.607. The molecule has 1 heterocycles. The minimum absolute atomic E-state index is 0.0677. The van der Waals surface area contributed by atoms with Crippen LogP contribution in [0.3, 0.4) is 0 Å². The fourth-order valence-electron chi connectivity index (χ4n) is 1.63. The third kappa shape index (κ3) is 3.16. The number of ketones is 1. The third-order valence-electron chi connectivity index (χ3n) is 2.68. The highest BCUT2D eigenvalue weighted by Crippen LogP contribution is 2.33. The standard InChI is InChI=1S/C13H12BrNO4S/c1-18-10-6-11-8(5-7(10)14)15-13(20-11)9(16)3-4-12(17)19-2/h5-6H,3-4H2,1-2H3. The summed E-state index contributed by atoms with van der Waals surface area (Å²) in [4.78, 5) is 27.3. The van der Waals surface area contributed by atoms with Crippen LogP contribution in [0, 0.1) is 0 Å². The summed E-state index contributed by atoms with van der Waals surface area (Å²) < 4.78 is 11.4. The Bertz CT molecular complexity index is 668. The maximum absolute atomic E-state index is 12.0. The number of Topliss-reactive ketones (excluding diaryl/α,β-unsaturated/α-hetero) is 1. The lowest BCUT2D eigenvalue weighted by Gasteiger charge is -2.01. The van der Waals surface area contributed by atoms with Gasteiger partial charge in [0.25, 0.3) is 0 Å². The molecule has 0 aliphatic rings. The predicted molar refractivity (Wildman–Crippen MR) is 79.5 cm³/mol. The molecule has 5 nitrogen and oxygen atoms in total. The van der Waals surface area contributed by atoms with Crippen molar-refractivity contribution in [1.82, 2.24) is 4.98 Å². The summed E-state index contributed by atoms with van der Waals surface area (Å²) in [5.41, 5.74) is 0.726. The van der Waals surface area contributed by atoms with Crippen LogP contribution in [0.15, 0.2) is 16.6 Å². The third-order valence-corrected chi connectivity index (χ3v) is 4.36. The number of aromatic nitrogens is 1. The number of rotatable bonds is 5. The fraction of sp³-hybridized carbons (Fsp3) is 0.308. The second kappa shape index (κ2) is 6.32. The lowest BCUT2D eigenvalue weighted by Crippen LogP contribution is -2.05. The van der Waals surface area contributed by atoms with Gasteiger partial charge in [-0.15, -0.1) is 11.3 Å². The van der Waals surface area contributed by atoms with Crippen LogP contribution < -0.4 is 4.74 Å². The highest BCUT2D eigenvalue weighted by molar-refractivity contribution is 9.10. The van der Waals surface area contributed by atoms with Crippen LogP contribution in [-0.4, -0.2) is 31.0 Å². The smallest absolute Gasteiger partial charge is 0.305 e. The SMILES string of the molecule is COC(=O)CCC(=O)c1nc2cc(Br)c(OC)cc2s1. The first kappa shape index (κ1) is 14.9. The molecule has 1 aromatic carbocycles. The van der Waals surface area contributed by atoms with Crippen LogP contribution in [0.25, 0.3) is 10.2 Å². The number of benzene rings is 1. The Kier molecular flexibility index (Phi) is 4.72. The van der Waals surface area contributed by atoms with E-state index in [0.29, 0.717) is 10.8 Å². The number of ether oxygens (including phenoxy) is 2. The monoisotopic (exact) mass is 357 g/mol. The van der Waals surface area contributed by atoms with Gasteiger partial charge in [-0.05, 0) is 22.0 Å². The van der Waals surface area contributed by atoms with Gasteiger partial charge >= 0.3 is 5.97 Å². The number of halogens is 1. The lowest BCUT2D eigenvalue weighted by molar-refractivity contribution is -0.140. The van der Waals surface area contributed by atoms with Crippen LogP contribution in [0.2, 0.25) is 0 Å². The van der Waals surface area contributed by atoms with Crippen LogP contribution in [0.4, 0.5) is 0 Å². The first-order valence-electron chi connectivity index (χ1n) is 5.79. The van der Waals surface area contributed by atoms with Crippen LogP contribution in [0.5, 0.6) is 5.75 Å². The summed E-state index contributed by atoms with van der Waals surface area (Å²) in [5, 5.41) is 0.393. The average molecular weight is 358 g/mol. The van der Waals surface area contributed by atoms with Crippen molar-refractivity contribution in [2.75, 3.05) is 14.2 Å². The zero-order valence-corrected chi connectivity index (χ0v) is 13.3. The molecular weight excluding hydrogens is 346 g/mol. The van der Waals surface area contributed by atoms with Crippen LogP contribution >= 0.6 is 27.3 Å². The molecule has 7 heteroatoms. The van der Waals surface area contributed by atoms with E-state index in [9.17, 15) is 9.59 Å². The first-order valence-corrected chi connectivity index (χ1v) is 7.40. The molecule has 0 aliphatic carbocycles. The Morgan fingerprint density at radius 2 is 2.05 bits per heavy atom. The highest BCUT2D eigenvalue weighted by Gasteiger charge is 2.15. The van der Waals surface area contributed by atoms with Crippen molar-refractivity contribution >= 4 is 49.2 Å². The van der Waals surface area contributed by atoms with Gasteiger partial charge in [0.2, 0.25) is 0 Å². The van der Waals surface area contributed by atoms with E-state index >= 15 is 0 Å². The minimum atomic E-state index is -0.399. The first-order chi connectivity index (χ1) is 9.55. The fourth-order valence-corrected chi connectivity index (χ4v) is 3.07. The van der Waals surface area contributed by atoms with Crippen molar-refractivity contribution in [2.45, 2.75) is 12.8 Å². The molecule has 0 atom stereocenters. The van der Waals surface area contributed by atoms with Gasteiger partial charge in [-0.1, -0.05) is 0 Å². The Labute approximate surface area is 128 Å². The van der Waals surface area contributed by atoms with E-state index in [1.807, 2.05) is 12.1 Å². The molecule has 0 fully saturated rings.